The third-order valence-corrected chi connectivity index (χ3v) is 1.77. The summed E-state index contributed by atoms with van der Waals surface area (Å²) in [5.74, 6) is -3.49. The minimum absolute atomic E-state index is 0.177. The monoisotopic (exact) mass is 208 g/mol. The Morgan fingerprint density at radius 2 is 1.73 bits per heavy atom. The lowest BCUT2D eigenvalue weighted by atomic mass is 10.2. The van der Waals surface area contributed by atoms with Gasteiger partial charge in [-0.2, -0.15) is 0 Å². The van der Waals surface area contributed by atoms with Crippen molar-refractivity contribution in [2.75, 3.05) is 0 Å². The Balaban J connectivity index is 2.88. The summed E-state index contributed by atoms with van der Waals surface area (Å²) in [6.45, 7) is 1.66. The minimum atomic E-state index is -2.09. The number of carbonyl (C=O) groups is 2. The number of aliphatic carboxylic acids is 2. The van der Waals surface area contributed by atoms with Crippen LogP contribution in [0.2, 0.25) is 0 Å². The van der Waals surface area contributed by atoms with E-state index in [1.807, 2.05) is 0 Å². The zero-order valence-corrected chi connectivity index (χ0v) is 7.93. The van der Waals surface area contributed by atoms with Crippen LogP contribution in [0.4, 0.5) is 0 Å². The molecule has 15 heavy (non-hydrogen) atoms. The molecule has 5 heteroatoms. The molecule has 0 saturated carbocycles. The molecule has 0 heterocycles. The number of ether oxygens (including phenoxy) is 1. The van der Waals surface area contributed by atoms with Crippen molar-refractivity contribution in [1.82, 2.24) is 0 Å². The first-order valence-corrected chi connectivity index (χ1v) is 4.16. The molecule has 0 aliphatic rings. The van der Waals surface area contributed by atoms with Gasteiger partial charge in [0.25, 0.3) is 0 Å². The third-order valence-electron chi connectivity index (χ3n) is 1.77. The highest BCUT2D eigenvalue weighted by Crippen LogP contribution is 2.17. The summed E-state index contributed by atoms with van der Waals surface area (Å²) >= 11 is 0. The number of hydrogen-bond donors (Lipinski definition) is 0. The molecule has 5 nitrogen and oxygen atoms in total. The maximum absolute atomic E-state index is 10.4. The van der Waals surface area contributed by atoms with Gasteiger partial charge in [-0.15, -0.1) is 0 Å². The number of carboxylic acid groups (broad SMARTS) is 2. The molecule has 1 aromatic rings. The molecule has 0 aromatic heterocycles. The normalized spacial score (nSPS) is 10.0. The van der Waals surface area contributed by atoms with Gasteiger partial charge in [-0.1, -0.05) is 18.2 Å². The molecule has 0 aliphatic carbocycles. The van der Waals surface area contributed by atoms with E-state index in [1.54, 1.807) is 25.1 Å². The lowest BCUT2D eigenvalue weighted by molar-refractivity contribution is -0.334. The van der Waals surface area contributed by atoms with Gasteiger partial charge in [0, 0.05) is 0 Å². The van der Waals surface area contributed by atoms with Gasteiger partial charge < -0.3 is 24.5 Å². The van der Waals surface area contributed by atoms with Gasteiger partial charge in [0.15, 0.2) is 6.10 Å². The first-order valence-electron chi connectivity index (χ1n) is 4.16. The fourth-order valence-electron chi connectivity index (χ4n) is 1.01. The van der Waals surface area contributed by atoms with Crippen LogP contribution < -0.4 is 14.9 Å². The van der Waals surface area contributed by atoms with Gasteiger partial charge in [0.1, 0.15) is 5.75 Å². The zero-order chi connectivity index (χ0) is 11.4. The van der Waals surface area contributed by atoms with Crippen LogP contribution in [0.5, 0.6) is 5.75 Å². The van der Waals surface area contributed by atoms with E-state index in [1.165, 1.54) is 6.07 Å². The molecular formula is C10H8O5-2. The van der Waals surface area contributed by atoms with Gasteiger partial charge in [-0.25, -0.2) is 0 Å². The topological polar surface area (TPSA) is 89.5 Å². The van der Waals surface area contributed by atoms with E-state index in [9.17, 15) is 19.8 Å². The van der Waals surface area contributed by atoms with E-state index in [0.717, 1.165) is 0 Å². The fourth-order valence-corrected chi connectivity index (χ4v) is 1.01. The zero-order valence-electron chi connectivity index (χ0n) is 7.93. The lowest BCUT2D eigenvalue weighted by Gasteiger charge is -2.21. The number of para-hydroxylation sites is 1. The summed E-state index contributed by atoms with van der Waals surface area (Å²) in [6.07, 6.45) is -2.09. The molecule has 0 N–H and O–H groups in total. The Labute approximate surface area is 85.9 Å². The maximum Gasteiger partial charge on any atom is 0.177 e. The van der Waals surface area contributed by atoms with Crippen LogP contribution in [0.3, 0.4) is 0 Å². The number of hydrogen-bond acceptors (Lipinski definition) is 5. The largest absolute Gasteiger partial charge is 0.546 e. The molecule has 0 spiro atoms. The summed E-state index contributed by atoms with van der Waals surface area (Å²) in [7, 11) is 0. The van der Waals surface area contributed by atoms with E-state index in [0.29, 0.717) is 5.56 Å². The first kappa shape index (κ1) is 11.0. The average Bonchev–Trinajstić information content (AvgIpc) is 2.15. The van der Waals surface area contributed by atoms with Crippen molar-refractivity contribution in [3.05, 3.63) is 29.8 Å². The Bertz CT molecular complexity index is 371. The second-order valence-corrected chi connectivity index (χ2v) is 2.90. The number of carbonyl (C=O) groups excluding carboxylic acids is 2. The quantitative estimate of drug-likeness (QED) is 0.547. The van der Waals surface area contributed by atoms with E-state index in [-0.39, 0.29) is 5.75 Å². The highest BCUT2D eigenvalue weighted by atomic mass is 16.5. The van der Waals surface area contributed by atoms with Crippen LogP contribution in [0.25, 0.3) is 0 Å². The molecule has 0 fully saturated rings. The SMILES string of the molecule is Cc1ccccc1OC(C(=O)[O-])C(=O)[O-]. The van der Waals surface area contributed by atoms with Gasteiger partial charge >= 0.3 is 0 Å². The van der Waals surface area contributed by atoms with Crippen LogP contribution in [-0.4, -0.2) is 18.0 Å². The van der Waals surface area contributed by atoms with Crippen LogP contribution in [0.1, 0.15) is 5.56 Å². The molecule has 0 radical (unpaired) electrons. The second kappa shape index (κ2) is 4.45. The minimum Gasteiger partial charge on any atom is -0.546 e. The third kappa shape index (κ3) is 2.70. The standard InChI is InChI=1S/C10H10O5/c1-6-4-2-3-5-7(6)15-8(9(11)12)10(13)14/h2-5,8H,1H3,(H,11,12)(H,13,14)/p-2. The van der Waals surface area contributed by atoms with Gasteiger partial charge in [0.2, 0.25) is 0 Å². The van der Waals surface area contributed by atoms with Crippen LogP contribution in [-0.2, 0) is 9.59 Å². The van der Waals surface area contributed by atoms with Crippen molar-refractivity contribution in [3.8, 4) is 5.75 Å². The molecule has 0 bridgehead atoms. The van der Waals surface area contributed by atoms with Crippen molar-refractivity contribution in [1.29, 1.82) is 0 Å². The van der Waals surface area contributed by atoms with Crippen molar-refractivity contribution in [2.24, 2.45) is 0 Å². The predicted molar refractivity (Wildman–Crippen MR) is 45.6 cm³/mol. The van der Waals surface area contributed by atoms with Crippen LogP contribution in [0, 0.1) is 6.92 Å². The molecule has 0 atom stereocenters. The summed E-state index contributed by atoms with van der Waals surface area (Å²) in [6, 6.07) is 6.45. The van der Waals surface area contributed by atoms with Crippen molar-refractivity contribution in [3.63, 3.8) is 0 Å². The predicted octanol–water partition coefficient (Wildman–Crippen LogP) is -1.76. The van der Waals surface area contributed by atoms with Gasteiger partial charge in [-0.3, -0.25) is 0 Å². The highest BCUT2D eigenvalue weighted by Gasteiger charge is 2.13. The smallest absolute Gasteiger partial charge is 0.177 e. The number of benzene rings is 1. The number of aryl methyl sites for hydroxylation is 1. The van der Waals surface area contributed by atoms with Crippen LogP contribution >= 0.6 is 0 Å². The summed E-state index contributed by atoms with van der Waals surface area (Å²) < 4.78 is 4.74. The highest BCUT2D eigenvalue weighted by molar-refractivity contribution is 5.94. The van der Waals surface area contributed by atoms with E-state index in [4.69, 9.17) is 4.74 Å². The number of carboxylic acids is 2. The molecule has 0 aliphatic heterocycles. The van der Waals surface area contributed by atoms with Crippen LogP contribution in [0.15, 0.2) is 24.3 Å². The van der Waals surface area contributed by atoms with E-state index < -0.39 is 18.0 Å². The summed E-state index contributed by atoms with van der Waals surface area (Å²) in [5, 5.41) is 20.8. The van der Waals surface area contributed by atoms with E-state index in [2.05, 4.69) is 0 Å². The Morgan fingerprint density at radius 3 is 2.20 bits per heavy atom. The van der Waals surface area contributed by atoms with E-state index >= 15 is 0 Å². The lowest BCUT2D eigenvalue weighted by Crippen LogP contribution is -2.51. The molecule has 0 unspecified atom stereocenters. The average molecular weight is 208 g/mol. The Kier molecular flexibility index (Phi) is 3.28. The molecule has 0 amide bonds. The van der Waals surface area contributed by atoms with Gasteiger partial charge in [0.05, 0.1) is 11.9 Å². The fraction of sp³-hybridized carbons (Fsp3) is 0.200. The van der Waals surface area contributed by atoms with Crippen molar-refractivity contribution >= 4 is 11.9 Å². The maximum atomic E-state index is 10.4. The molecule has 0 saturated heterocycles. The molecular weight excluding hydrogens is 200 g/mol. The molecule has 1 aromatic carbocycles. The molecule has 80 valence electrons. The summed E-state index contributed by atoms with van der Waals surface area (Å²) in [4.78, 5) is 20.8. The Hall–Kier alpha value is -2.04. The van der Waals surface area contributed by atoms with Gasteiger partial charge in [-0.05, 0) is 18.6 Å². The first-order chi connectivity index (χ1) is 7.02. The Morgan fingerprint density at radius 1 is 1.20 bits per heavy atom. The number of rotatable bonds is 4. The molecule has 1 rings (SSSR count). The van der Waals surface area contributed by atoms with Crippen molar-refractivity contribution < 1.29 is 24.5 Å². The van der Waals surface area contributed by atoms with Crippen molar-refractivity contribution in [2.45, 2.75) is 13.0 Å². The second-order valence-electron chi connectivity index (χ2n) is 2.90. The summed E-state index contributed by atoms with van der Waals surface area (Å²) in [5.41, 5.74) is 0.630.